The van der Waals surface area contributed by atoms with Gasteiger partial charge in [-0.3, -0.25) is 0 Å². The number of sulfonamides is 1. The SMILES string of the molecule is CCCCN(C)S(=O)(=O)c1ccc(C)c(C(=O)O)c1. The van der Waals surface area contributed by atoms with Crippen molar-refractivity contribution in [3.8, 4) is 0 Å². The highest BCUT2D eigenvalue weighted by Gasteiger charge is 2.22. The second-order valence-electron chi connectivity index (χ2n) is 4.46. The zero-order valence-corrected chi connectivity index (χ0v) is 12.2. The lowest BCUT2D eigenvalue weighted by atomic mass is 10.1. The highest BCUT2D eigenvalue weighted by molar-refractivity contribution is 7.89. The Kier molecular flexibility index (Phi) is 5.08. The molecule has 0 radical (unpaired) electrons. The van der Waals surface area contributed by atoms with Crippen molar-refractivity contribution in [1.29, 1.82) is 0 Å². The standard InChI is InChI=1S/C13H19NO4S/c1-4-5-8-14(3)19(17,18)11-7-6-10(2)12(9-11)13(15)16/h6-7,9H,4-5,8H2,1-3H3,(H,15,16). The summed E-state index contributed by atoms with van der Waals surface area (Å²) in [5, 5.41) is 9.03. The van der Waals surface area contributed by atoms with Crippen LogP contribution >= 0.6 is 0 Å². The van der Waals surface area contributed by atoms with Gasteiger partial charge in [-0.15, -0.1) is 0 Å². The van der Waals surface area contributed by atoms with E-state index < -0.39 is 16.0 Å². The van der Waals surface area contributed by atoms with E-state index in [0.717, 1.165) is 12.8 Å². The number of carboxylic acids is 1. The Morgan fingerprint density at radius 3 is 2.53 bits per heavy atom. The van der Waals surface area contributed by atoms with Crippen LogP contribution in [0.25, 0.3) is 0 Å². The van der Waals surface area contributed by atoms with E-state index >= 15 is 0 Å². The average molecular weight is 285 g/mol. The lowest BCUT2D eigenvalue weighted by Gasteiger charge is -2.17. The molecule has 1 N–H and O–H groups in total. The number of benzene rings is 1. The molecule has 1 aromatic carbocycles. The molecule has 0 saturated carbocycles. The van der Waals surface area contributed by atoms with Crippen LogP contribution in [0.2, 0.25) is 0 Å². The van der Waals surface area contributed by atoms with Crippen molar-refractivity contribution in [2.75, 3.05) is 13.6 Å². The molecule has 0 unspecified atom stereocenters. The first-order valence-electron chi connectivity index (χ1n) is 6.11. The molecule has 6 heteroatoms. The Bertz CT molecular complexity index is 566. The van der Waals surface area contributed by atoms with E-state index in [1.54, 1.807) is 6.92 Å². The van der Waals surface area contributed by atoms with Crippen LogP contribution in [0.15, 0.2) is 23.1 Å². The fraction of sp³-hybridized carbons (Fsp3) is 0.462. The number of carboxylic acid groups (broad SMARTS) is 1. The van der Waals surface area contributed by atoms with E-state index in [1.807, 2.05) is 6.92 Å². The molecule has 0 aliphatic heterocycles. The van der Waals surface area contributed by atoms with E-state index in [9.17, 15) is 13.2 Å². The predicted molar refractivity (Wildman–Crippen MR) is 72.9 cm³/mol. The van der Waals surface area contributed by atoms with Crippen molar-refractivity contribution in [2.45, 2.75) is 31.6 Å². The quantitative estimate of drug-likeness (QED) is 0.868. The van der Waals surface area contributed by atoms with E-state index in [0.29, 0.717) is 12.1 Å². The van der Waals surface area contributed by atoms with Gasteiger partial charge in [-0.05, 0) is 31.0 Å². The summed E-state index contributed by atoms with van der Waals surface area (Å²) in [5.74, 6) is -1.12. The Hall–Kier alpha value is -1.40. The summed E-state index contributed by atoms with van der Waals surface area (Å²) in [6, 6.07) is 4.18. The Morgan fingerprint density at radius 2 is 2.00 bits per heavy atom. The monoisotopic (exact) mass is 285 g/mol. The number of unbranched alkanes of at least 4 members (excludes halogenated alkanes) is 1. The molecule has 1 rings (SSSR count). The Morgan fingerprint density at radius 1 is 1.37 bits per heavy atom. The van der Waals surface area contributed by atoms with Gasteiger partial charge in [-0.25, -0.2) is 17.5 Å². The van der Waals surface area contributed by atoms with Gasteiger partial charge >= 0.3 is 5.97 Å². The van der Waals surface area contributed by atoms with Gasteiger partial charge in [0.2, 0.25) is 10.0 Å². The summed E-state index contributed by atoms with van der Waals surface area (Å²) in [4.78, 5) is 11.1. The average Bonchev–Trinajstić information content (AvgIpc) is 2.35. The van der Waals surface area contributed by atoms with Crippen LogP contribution in [0.5, 0.6) is 0 Å². The number of rotatable bonds is 6. The topological polar surface area (TPSA) is 74.7 Å². The van der Waals surface area contributed by atoms with Crippen molar-refractivity contribution in [3.05, 3.63) is 29.3 Å². The van der Waals surface area contributed by atoms with Gasteiger partial charge in [0.15, 0.2) is 0 Å². The predicted octanol–water partition coefficient (Wildman–Crippen LogP) is 2.11. The summed E-state index contributed by atoms with van der Waals surface area (Å²) in [6.45, 7) is 4.05. The number of hydrogen-bond donors (Lipinski definition) is 1. The van der Waals surface area contributed by atoms with Crippen molar-refractivity contribution in [3.63, 3.8) is 0 Å². The summed E-state index contributed by atoms with van der Waals surface area (Å²) >= 11 is 0. The molecule has 0 aliphatic rings. The minimum Gasteiger partial charge on any atom is -0.478 e. The number of carbonyl (C=O) groups is 1. The fourth-order valence-corrected chi connectivity index (χ4v) is 2.91. The minimum atomic E-state index is -3.61. The summed E-state index contributed by atoms with van der Waals surface area (Å²) in [7, 11) is -2.11. The van der Waals surface area contributed by atoms with Gasteiger partial charge in [0.1, 0.15) is 0 Å². The summed E-state index contributed by atoms with van der Waals surface area (Å²) in [6.07, 6.45) is 1.67. The molecule has 106 valence electrons. The highest BCUT2D eigenvalue weighted by atomic mass is 32.2. The first-order valence-corrected chi connectivity index (χ1v) is 7.55. The maximum atomic E-state index is 12.3. The van der Waals surface area contributed by atoms with Crippen LogP contribution in [-0.4, -0.2) is 37.4 Å². The molecule has 0 atom stereocenters. The van der Waals surface area contributed by atoms with E-state index in [2.05, 4.69) is 0 Å². The first kappa shape index (κ1) is 15.7. The lowest BCUT2D eigenvalue weighted by Crippen LogP contribution is -2.28. The lowest BCUT2D eigenvalue weighted by molar-refractivity contribution is 0.0696. The van der Waals surface area contributed by atoms with Crippen molar-refractivity contribution in [2.24, 2.45) is 0 Å². The molecular weight excluding hydrogens is 266 g/mol. The third-order valence-electron chi connectivity index (χ3n) is 2.97. The molecule has 19 heavy (non-hydrogen) atoms. The summed E-state index contributed by atoms with van der Waals surface area (Å²) in [5.41, 5.74) is 0.563. The van der Waals surface area contributed by atoms with Gasteiger partial charge in [-0.1, -0.05) is 19.4 Å². The molecule has 0 spiro atoms. The van der Waals surface area contributed by atoms with E-state index in [4.69, 9.17) is 5.11 Å². The van der Waals surface area contributed by atoms with Crippen LogP contribution in [-0.2, 0) is 10.0 Å². The van der Waals surface area contributed by atoms with Crippen LogP contribution in [0.3, 0.4) is 0 Å². The van der Waals surface area contributed by atoms with Gasteiger partial charge in [0.05, 0.1) is 10.5 Å². The first-order chi connectivity index (χ1) is 8.80. The smallest absolute Gasteiger partial charge is 0.335 e. The Labute approximate surface area is 113 Å². The third-order valence-corrected chi connectivity index (χ3v) is 4.83. The largest absolute Gasteiger partial charge is 0.478 e. The number of nitrogens with zero attached hydrogens (tertiary/aromatic N) is 1. The molecule has 0 fully saturated rings. The fourth-order valence-electron chi connectivity index (χ4n) is 1.67. The Balaban J connectivity index is 3.15. The molecule has 0 saturated heterocycles. The normalized spacial score (nSPS) is 11.8. The van der Waals surface area contributed by atoms with Crippen molar-refractivity contribution < 1.29 is 18.3 Å². The van der Waals surface area contributed by atoms with Crippen LogP contribution < -0.4 is 0 Å². The van der Waals surface area contributed by atoms with Gasteiger partial charge in [0, 0.05) is 13.6 Å². The number of hydrogen-bond acceptors (Lipinski definition) is 3. The maximum Gasteiger partial charge on any atom is 0.335 e. The third kappa shape index (κ3) is 3.54. The van der Waals surface area contributed by atoms with Crippen LogP contribution in [0, 0.1) is 6.92 Å². The molecule has 0 amide bonds. The van der Waals surface area contributed by atoms with Gasteiger partial charge in [-0.2, -0.15) is 0 Å². The number of aromatic carboxylic acids is 1. The van der Waals surface area contributed by atoms with E-state index in [-0.39, 0.29) is 10.5 Å². The number of aryl methyl sites for hydroxylation is 1. The highest BCUT2D eigenvalue weighted by Crippen LogP contribution is 2.19. The second-order valence-corrected chi connectivity index (χ2v) is 6.51. The molecular formula is C13H19NO4S. The summed E-state index contributed by atoms with van der Waals surface area (Å²) < 4.78 is 25.8. The van der Waals surface area contributed by atoms with Crippen LogP contribution in [0.1, 0.15) is 35.7 Å². The van der Waals surface area contributed by atoms with Gasteiger partial charge in [0.25, 0.3) is 0 Å². The van der Waals surface area contributed by atoms with E-state index in [1.165, 1.54) is 29.6 Å². The van der Waals surface area contributed by atoms with Gasteiger partial charge < -0.3 is 5.11 Å². The van der Waals surface area contributed by atoms with Crippen molar-refractivity contribution >= 4 is 16.0 Å². The molecule has 1 aromatic rings. The molecule has 0 aliphatic carbocycles. The molecule has 0 aromatic heterocycles. The molecule has 5 nitrogen and oxygen atoms in total. The zero-order chi connectivity index (χ0) is 14.6. The second kappa shape index (κ2) is 6.16. The molecule has 0 heterocycles. The minimum absolute atomic E-state index is 0.0185. The molecule has 0 bridgehead atoms. The van der Waals surface area contributed by atoms with Crippen molar-refractivity contribution in [1.82, 2.24) is 4.31 Å². The van der Waals surface area contributed by atoms with Crippen LogP contribution in [0.4, 0.5) is 0 Å². The maximum absolute atomic E-state index is 12.3. The zero-order valence-electron chi connectivity index (χ0n) is 11.4.